The van der Waals surface area contributed by atoms with Gasteiger partial charge in [0.15, 0.2) is 0 Å². The fourth-order valence-corrected chi connectivity index (χ4v) is 1.11. The van der Waals surface area contributed by atoms with Crippen LogP contribution in [0.2, 0.25) is 0 Å². The van der Waals surface area contributed by atoms with Crippen LogP contribution >= 0.6 is 0 Å². The summed E-state index contributed by atoms with van der Waals surface area (Å²) in [4.78, 5) is 16.4. The van der Waals surface area contributed by atoms with Crippen molar-refractivity contribution in [3.63, 3.8) is 0 Å². The Labute approximate surface area is 76.6 Å². The van der Waals surface area contributed by atoms with Gasteiger partial charge in [0.25, 0.3) is 0 Å². The highest BCUT2D eigenvalue weighted by Crippen LogP contribution is 2.04. The zero-order valence-electron chi connectivity index (χ0n) is 7.98. The molecule has 0 aliphatic carbocycles. The van der Waals surface area contributed by atoms with Crippen LogP contribution in [-0.4, -0.2) is 39.6 Å². The third-order valence-electron chi connectivity index (χ3n) is 1.75. The summed E-state index contributed by atoms with van der Waals surface area (Å²) in [5.41, 5.74) is 0.891. The van der Waals surface area contributed by atoms with E-state index in [4.69, 9.17) is 5.11 Å². The SMILES string of the molecule is CN(C)Cc1cnc(C(=O)O)n1C. The Hall–Kier alpha value is -1.36. The Morgan fingerprint density at radius 3 is 2.69 bits per heavy atom. The number of hydrogen-bond donors (Lipinski definition) is 1. The van der Waals surface area contributed by atoms with Crippen LogP contribution in [0.4, 0.5) is 0 Å². The molecule has 0 aliphatic heterocycles. The Bertz CT molecular complexity index is 317. The third kappa shape index (κ3) is 2.06. The van der Waals surface area contributed by atoms with Gasteiger partial charge in [-0.25, -0.2) is 9.78 Å². The van der Waals surface area contributed by atoms with Gasteiger partial charge >= 0.3 is 5.97 Å². The number of imidazole rings is 1. The number of aromatic nitrogens is 2. The first kappa shape index (κ1) is 9.73. The van der Waals surface area contributed by atoms with E-state index in [2.05, 4.69) is 4.98 Å². The summed E-state index contributed by atoms with van der Waals surface area (Å²) < 4.78 is 1.59. The second-order valence-electron chi connectivity index (χ2n) is 3.18. The van der Waals surface area contributed by atoms with Gasteiger partial charge in [-0.1, -0.05) is 0 Å². The van der Waals surface area contributed by atoms with Crippen molar-refractivity contribution in [2.45, 2.75) is 6.54 Å². The van der Waals surface area contributed by atoms with Crippen molar-refractivity contribution in [2.75, 3.05) is 14.1 Å². The van der Waals surface area contributed by atoms with Crippen molar-refractivity contribution < 1.29 is 9.90 Å². The van der Waals surface area contributed by atoms with E-state index in [1.165, 1.54) is 0 Å². The van der Waals surface area contributed by atoms with Gasteiger partial charge in [-0.2, -0.15) is 0 Å². The van der Waals surface area contributed by atoms with Crippen molar-refractivity contribution in [3.05, 3.63) is 17.7 Å². The molecule has 0 saturated carbocycles. The summed E-state index contributed by atoms with van der Waals surface area (Å²) in [6.45, 7) is 0.691. The molecule has 0 bridgehead atoms. The van der Waals surface area contributed by atoms with Gasteiger partial charge in [0.1, 0.15) is 0 Å². The van der Waals surface area contributed by atoms with Gasteiger partial charge in [-0.05, 0) is 14.1 Å². The van der Waals surface area contributed by atoms with E-state index >= 15 is 0 Å². The molecule has 0 amide bonds. The minimum absolute atomic E-state index is 0.0804. The minimum atomic E-state index is -0.993. The molecule has 0 aromatic carbocycles. The van der Waals surface area contributed by atoms with Crippen molar-refractivity contribution in [1.29, 1.82) is 0 Å². The second-order valence-corrected chi connectivity index (χ2v) is 3.18. The number of carboxylic acid groups (broad SMARTS) is 1. The average Bonchev–Trinajstić information content (AvgIpc) is 2.32. The summed E-state index contributed by atoms with van der Waals surface area (Å²) >= 11 is 0. The van der Waals surface area contributed by atoms with Crippen LogP contribution in [0.25, 0.3) is 0 Å². The molecule has 5 heteroatoms. The molecule has 0 radical (unpaired) electrons. The number of hydrogen-bond acceptors (Lipinski definition) is 3. The largest absolute Gasteiger partial charge is 0.475 e. The zero-order valence-corrected chi connectivity index (χ0v) is 7.98. The molecule has 13 heavy (non-hydrogen) atoms. The molecule has 5 nitrogen and oxygen atoms in total. The average molecular weight is 183 g/mol. The van der Waals surface area contributed by atoms with Crippen molar-refractivity contribution >= 4 is 5.97 Å². The van der Waals surface area contributed by atoms with E-state index in [-0.39, 0.29) is 5.82 Å². The minimum Gasteiger partial charge on any atom is -0.475 e. The van der Waals surface area contributed by atoms with Crippen LogP contribution in [0, 0.1) is 0 Å². The third-order valence-corrected chi connectivity index (χ3v) is 1.75. The standard InChI is InChI=1S/C8H13N3O2/c1-10(2)5-6-4-9-7(8(12)13)11(6)3/h4H,5H2,1-3H3,(H,12,13). The molecule has 1 aromatic rings. The number of aromatic carboxylic acids is 1. The maximum atomic E-state index is 10.6. The lowest BCUT2D eigenvalue weighted by molar-refractivity contribution is 0.0679. The highest BCUT2D eigenvalue weighted by atomic mass is 16.4. The molecular weight excluding hydrogens is 170 g/mol. The van der Waals surface area contributed by atoms with E-state index in [1.807, 2.05) is 19.0 Å². The van der Waals surface area contributed by atoms with Crippen LogP contribution in [0.15, 0.2) is 6.20 Å². The van der Waals surface area contributed by atoms with Crippen molar-refractivity contribution in [3.8, 4) is 0 Å². The van der Waals surface area contributed by atoms with Crippen LogP contribution in [0.1, 0.15) is 16.3 Å². The summed E-state index contributed by atoms with van der Waals surface area (Å²) in [7, 11) is 5.55. The fourth-order valence-electron chi connectivity index (χ4n) is 1.11. The summed E-state index contributed by atoms with van der Waals surface area (Å²) in [6.07, 6.45) is 1.59. The maximum absolute atomic E-state index is 10.6. The first-order valence-electron chi connectivity index (χ1n) is 3.91. The Kier molecular flexibility index (Phi) is 2.67. The van der Waals surface area contributed by atoms with Crippen LogP contribution in [0.5, 0.6) is 0 Å². The van der Waals surface area contributed by atoms with Gasteiger partial charge in [-0.3, -0.25) is 0 Å². The lowest BCUT2D eigenvalue weighted by atomic mass is 10.4. The molecular formula is C8H13N3O2. The molecule has 1 N–H and O–H groups in total. The summed E-state index contributed by atoms with van der Waals surface area (Å²) in [6, 6.07) is 0. The molecule has 1 aromatic heterocycles. The van der Waals surface area contributed by atoms with Gasteiger partial charge < -0.3 is 14.6 Å². The lowest BCUT2D eigenvalue weighted by Gasteiger charge is -2.09. The van der Waals surface area contributed by atoms with Crippen LogP contribution in [0.3, 0.4) is 0 Å². The smallest absolute Gasteiger partial charge is 0.372 e. The Morgan fingerprint density at radius 1 is 1.69 bits per heavy atom. The van der Waals surface area contributed by atoms with E-state index in [0.29, 0.717) is 6.54 Å². The molecule has 0 atom stereocenters. The number of rotatable bonds is 3. The molecule has 0 fully saturated rings. The molecule has 72 valence electrons. The molecule has 0 aliphatic rings. The summed E-state index contributed by atoms with van der Waals surface area (Å²) in [5, 5.41) is 8.72. The second kappa shape index (κ2) is 3.57. The first-order chi connectivity index (χ1) is 6.02. The Morgan fingerprint density at radius 2 is 2.31 bits per heavy atom. The number of carbonyl (C=O) groups is 1. The molecule has 1 rings (SSSR count). The maximum Gasteiger partial charge on any atom is 0.372 e. The highest BCUT2D eigenvalue weighted by molar-refractivity contribution is 5.83. The molecule has 1 heterocycles. The van der Waals surface area contributed by atoms with E-state index in [9.17, 15) is 4.79 Å². The monoisotopic (exact) mass is 183 g/mol. The number of nitrogens with zero attached hydrogens (tertiary/aromatic N) is 3. The Balaban J connectivity index is 2.93. The van der Waals surface area contributed by atoms with Crippen LogP contribution < -0.4 is 0 Å². The van der Waals surface area contributed by atoms with Crippen molar-refractivity contribution in [2.24, 2.45) is 7.05 Å². The van der Waals surface area contributed by atoms with Gasteiger partial charge in [0.05, 0.1) is 11.9 Å². The predicted molar refractivity (Wildman–Crippen MR) is 47.6 cm³/mol. The normalized spacial score (nSPS) is 10.8. The van der Waals surface area contributed by atoms with Gasteiger partial charge in [0, 0.05) is 13.6 Å². The van der Waals surface area contributed by atoms with Crippen LogP contribution in [-0.2, 0) is 13.6 Å². The van der Waals surface area contributed by atoms with Gasteiger partial charge in [0.2, 0.25) is 5.82 Å². The first-order valence-corrected chi connectivity index (χ1v) is 3.91. The molecule has 0 unspecified atom stereocenters. The fraction of sp³-hybridized carbons (Fsp3) is 0.500. The quantitative estimate of drug-likeness (QED) is 0.726. The highest BCUT2D eigenvalue weighted by Gasteiger charge is 2.12. The topological polar surface area (TPSA) is 58.4 Å². The predicted octanol–water partition coefficient (Wildman–Crippen LogP) is 0.180. The van der Waals surface area contributed by atoms with Crippen molar-refractivity contribution in [1.82, 2.24) is 14.5 Å². The zero-order chi connectivity index (χ0) is 10.0. The van der Waals surface area contributed by atoms with E-state index < -0.39 is 5.97 Å². The molecule has 0 spiro atoms. The summed E-state index contributed by atoms with van der Waals surface area (Å²) in [5.74, 6) is -0.913. The van der Waals surface area contributed by atoms with Gasteiger partial charge in [-0.15, -0.1) is 0 Å². The van der Waals surface area contributed by atoms with E-state index in [0.717, 1.165) is 5.69 Å². The molecule has 0 saturated heterocycles. The number of carboxylic acids is 1. The lowest BCUT2D eigenvalue weighted by Crippen LogP contribution is -2.15. The van der Waals surface area contributed by atoms with E-state index in [1.54, 1.807) is 17.8 Å².